The van der Waals surface area contributed by atoms with Gasteiger partial charge in [0.05, 0.1) is 19.6 Å². The van der Waals surface area contributed by atoms with Crippen LogP contribution in [-0.4, -0.2) is 35.9 Å². The summed E-state index contributed by atoms with van der Waals surface area (Å²) in [5.74, 6) is -3.89. The summed E-state index contributed by atoms with van der Waals surface area (Å²) in [6.07, 6.45) is 1.41. The van der Waals surface area contributed by atoms with Crippen molar-refractivity contribution in [2.45, 2.75) is 20.3 Å². The number of nitrogens with zero attached hydrogens (tertiary/aromatic N) is 1. The topological polar surface area (TPSA) is 82.6 Å². The molecule has 0 saturated heterocycles. The second kappa shape index (κ2) is 8.04. The molecule has 0 radical (unpaired) electrons. The van der Waals surface area contributed by atoms with E-state index in [4.69, 9.17) is 9.47 Å². The molecule has 0 aliphatic heterocycles. The normalized spacial score (nSPS) is 10.2. The molecule has 0 aliphatic carbocycles. The van der Waals surface area contributed by atoms with E-state index >= 15 is 0 Å². The van der Waals surface area contributed by atoms with E-state index in [0.29, 0.717) is 5.69 Å². The van der Waals surface area contributed by atoms with Gasteiger partial charge in [0.2, 0.25) is 5.92 Å². The SMILES string of the molecule is CCOC(=O)C(C(=O)Cc1ccccn1)C(=O)OCC. The molecule has 1 aromatic heterocycles. The Morgan fingerprint density at radius 2 is 1.70 bits per heavy atom. The second-order valence-corrected chi connectivity index (χ2v) is 3.90. The number of esters is 2. The van der Waals surface area contributed by atoms with Crippen molar-refractivity contribution in [2.24, 2.45) is 5.92 Å². The number of aromatic nitrogens is 1. The van der Waals surface area contributed by atoms with Gasteiger partial charge in [-0.15, -0.1) is 0 Å². The van der Waals surface area contributed by atoms with Gasteiger partial charge in [-0.05, 0) is 26.0 Å². The van der Waals surface area contributed by atoms with E-state index in [9.17, 15) is 14.4 Å². The minimum Gasteiger partial charge on any atom is -0.465 e. The molecule has 0 bridgehead atoms. The highest BCUT2D eigenvalue weighted by molar-refractivity contribution is 6.15. The van der Waals surface area contributed by atoms with Crippen molar-refractivity contribution in [3.05, 3.63) is 30.1 Å². The largest absolute Gasteiger partial charge is 0.465 e. The first-order chi connectivity index (χ1) is 9.60. The van der Waals surface area contributed by atoms with Gasteiger partial charge in [0.1, 0.15) is 0 Å². The van der Waals surface area contributed by atoms with Crippen LogP contribution >= 0.6 is 0 Å². The van der Waals surface area contributed by atoms with Gasteiger partial charge in [-0.2, -0.15) is 0 Å². The molecule has 6 heteroatoms. The van der Waals surface area contributed by atoms with Crippen LogP contribution in [0.5, 0.6) is 0 Å². The number of carbonyl (C=O) groups is 3. The van der Waals surface area contributed by atoms with Crippen LogP contribution in [0.15, 0.2) is 24.4 Å². The lowest BCUT2D eigenvalue weighted by Gasteiger charge is -2.13. The van der Waals surface area contributed by atoms with Gasteiger partial charge < -0.3 is 9.47 Å². The highest BCUT2D eigenvalue weighted by Crippen LogP contribution is 2.09. The van der Waals surface area contributed by atoms with Crippen LogP contribution in [0.1, 0.15) is 19.5 Å². The van der Waals surface area contributed by atoms with E-state index in [1.54, 1.807) is 32.0 Å². The van der Waals surface area contributed by atoms with Gasteiger partial charge in [-0.25, -0.2) is 0 Å². The van der Waals surface area contributed by atoms with Crippen LogP contribution < -0.4 is 0 Å². The molecule has 6 nitrogen and oxygen atoms in total. The molecule has 1 aromatic rings. The average molecular weight is 279 g/mol. The molecule has 0 aliphatic rings. The molecule has 0 N–H and O–H groups in total. The lowest BCUT2D eigenvalue weighted by atomic mass is 10.00. The highest BCUT2D eigenvalue weighted by atomic mass is 16.6. The molecule has 0 saturated carbocycles. The number of rotatable bonds is 7. The first-order valence-electron chi connectivity index (χ1n) is 6.36. The molecule has 0 aromatic carbocycles. The Morgan fingerprint density at radius 3 is 2.15 bits per heavy atom. The third-order valence-electron chi connectivity index (χ3n) is 2.45. The third-order valence-corrected chi connectivity index (χ3v) is 2.45. The summed E-state index contributed by atoms with van der Waals surface area (Å²) in [6.45, 7) is 3.38. The lowest BCUT2D eigenvalue weighted by molar-refractivity contribution is -0.163. The Labute approximate surface area is 117 Å². The van der Waals surface area contributed by atoms with Crippen LogP contribution in [0.2, 0.25) is 0 Å². The second-order valence-electron chi connectivity index (χ2n) is 3.90. The zero-order valence-electron chi connectivity index (χ0n) is 11.5. The van der Waals surface area contributed by atoms with Crippen LogP contribution in [0, 0.1) is 5.92 Å². The van der Waals surface area contributed by atoms with Gasteiger partial charge in [0, 0.05) is 11.9 Å². The van der Waals surface area contributed by atoms with E-state index in [1.165, 1.54) is 6.20 Å². The Kier molecular flexibility index (Phi) is 6.36. The number of carbonyl (C=O) groups excluding carboxylic acids is 3. The van der Waals surface area contributed by atoms with Gasteiger partial charge in [-0.1, -0.05) is 6.07 Å². The third kappa shape index (κ3) is 4.46. The monoisotopic (exact) mass is 279 g/mol. The lowest BCUT2D eigenvalue weighted by Crippen LogP contribution is -2.36. The molecule has 108 valence electrons. The summed E-state index contributed by atoms with van der Waals surface area (Å²) in [7, 11) is 0. The van der Waals surface area contributed by atoms with E-state index in [-0.39, 0.29) is 19.6 Å². The number of ketones is 1. The molecule has 0 atom stereocenters. The quantitative estimate of drug-likeness (QED) is 0.545. The molecule has 0 amide bonds. The Balaban J connectivity index is 2.84. The van der Waals surface area contributed by atoms with Crippen molar-refractivity contribution in [1.82, 2.24) is 4.98 Å². The summed E-state index contributed by atoms with van der Waals surface area (Å²) in [5.41, 5.74) is 0.482. The van der Waals surface area contributed by atoms with Crippen LogP contribution in [-0.2, 0) is 30.3 Å². The highest BCUT2D eigenvalue weighted by Gasteiger charge is 2.36. The van der Waals surface area contributed by atoms with Crippen LogP contribution in [0.25, 0.3) is 0 Å². The molecular weight excluding hydrogens is 262 g/mol. The Morgan fingerprint density at radius 1 is 1.10 bits per heavy atom. The molecule has 1 rings (SSSR count). The fraction of sp³-hybridized carbons (Fsp3) is 0.429. The minimum atomic E-state index is -1.54. The number of hydrogen-bond acceptors (Lipinski definition) is 6. The summed E-state index contributed by atoms with van der Waals surface area (Å²) >= 11 is 0. The predicted octanol–water partition coefficient (Wildman–Crippen LogP) is 0.936. The Hall–Kier alpha value is -2.24. The van der Waals surface area contributed by atoms with E-state index in [1.807, 2.05) is 0 Å². The molecule has 20 heavy (non-hydrogen) atoms. The molecule has 0 spiro atoms. The van der Waals surface area contributed by atoms with E-state index in [2.05, 4.69) is 4.98 Å². The maximum atomic E-state index is 12.1. The van der Waals surface area contributed by atoms with Crippen molar-refractivity contribution in [2.75, 3.05) is 13.2 Å². The van der Waals surface area contributed by atoms with Gasteiger partial charge in [0.15, 0.2) is 5.78 Å². The summed E-state index contributed by atoms with van der Waals surface area (Å²) in [5, 5.41) is 0. The van der Waals surface area contributed by atoms with Crippen molar-refractivity contribution in [3.8, 4) is 0 Å². The fourth-order valence-corrected chi connectivity index (χ4v) is 1.59. The first kappa shape index (κ1) is 15.8. The average Bonchev–Trinajstić information content (AvgIpc) is 2.40. The molecule has 0 unspecified atom stereocenters. The van der Waals surface area contributed by atoms with Gasteiger partial charge in [0.25, 0.3) is 0 Å². The maximum absolute atomic E-state index is 12.1. The smallest absolute Gasteiger partial charge is 0.328 e. The van der Waals surface area contributed by atoms with Crippen LogP contribution in [0.4, 0.5) is 0 Å². The van der Waals surface area contributed by atoms with E-state index < -0.39 is 23.6 Å². The number of Topliss-reactive ketones (excluding diaryl/α,β-unsaturated/α-hetero) is 1. The summed E-state index contributed by atoms with van der Waals surface area (Å²) in [4.78, 5) is 39.5. The fourth-order valence-electron chi connectivity index (χ4n) is 1.59. The first-order valence-corrected chi connectivity index (χ1v) is 6.36. The molecule has 0 fully saturated rings. The molecular formula is C14H17NO5. The predicted molar refractivity (Wildman–Crippen MR) is 69.7 cm³/mol. The Bertz CT molecular complexity index is 454. The number of pyridine rings is 1. The summed E-state index contributed by atoms with van der Waals surface area (Å²) < 4.78 is 9.50. The van der Waals surface area contributed by atoms with E-state index in [0.717, 1.165) is 0 Å². The maximum Gasteiger partial charge on any atom is 0.328 e. The van der Waals surface area contributed by atoms with Crippen molar-refractivity contribution in [3.63, 3.8) is 0 Å². The molecule has 1 heterocycles. The number of ether oxygens (including phenoxy) is 2. The standard InChI is InChI=1S/C14H17NO5/c1-3-19-13(17)12(14(18)20-4-2)11(16)9-10-7-5-6-8-15-10/h5-8,12H,3-4,9H2,1-2H3. The minimum absolute atomic E-state index is 0.0889. The van der Waals surface area contributed by atoms with Gasteiger partial charge >= 0.3 is 11.9 Å². The van der Waals surface area contributed by atoms with Crippen molar-refractivity contribution in [1.29, 1.82) is 0 Å². The van der Waals surface area contributed by atoms with Crippen molar-refractivity contribution < 1.29 is 23.9 Å². The van der Waals surface area contributed by atoms with Gasteiger partial charge in [-0.3, -0.25) is 19.4 Å². The zero-order valence-corrected chi connectivity index (χ0v) is 11.5. The number of hydrogen-bond donors (Lipinski definition) is 0. The summed E-state index contributed by atoms with van der Waals surface area (Å²) in [6, 6.07) is 5.08. The van der Waals surface area contributed by atoms with Crippen molar-refractivity contribution >= 4 is 17.7 Å². The zero-order chi connectivity index (χ0) is 15.0. The van der Waals surface area contributed by atoms with Crippen LogP contribution in [0.3, 0.4) is 0 Å².